The minimum atomic E-state index is -0.336. The fourth-order valence-corrected chi connectivity index (χ4v) is 4.30. The molecule has 1 aliphatic heterocycles. The molecule has 0 N–H and O–H groups in total. The molecule has 1 aromatic heterocycles. The van der Waals surface area contributed by atoms with Crippen LogP contribution in [0, 0.1) is 5.82 Å². The number of hydrogen-bond acceptors (Lipinski definition) is 4. The van der Waals surface area contributed by atoms with E-state index < -0.39 is 0 Å². The summed E-state index contributed by atoms with van der Waals surface area (Å²) in [6.45, 7) is 2.71. The SMILES string of the molecule is O=C(C1CCc2ccccc21)N1CCN(c2noc3cc(F)ccc23)CC1. The van der Waals surface area contributed by atoms with Crippen LogP contribution in [0.25, 0.3) is 11.0 Å². The van der Waals surface area contributed by atoms with Gasteiger partial charge in [0.25, 0.3) is 0 Å². The minimum Gasteiger partial charge on any atom is -0.354 e. The van der Waals surface area contributed by atoms with Gasteiger partial charge in [-0.2, -0.15) is 0 Å². The smallest absolute Gasteiger partial charge is 0.230 e. The van der Waals surface area contributed by atoms with Crippen LogP contribution in [-0.2, 0) is 11.2 Å². The van der Waals surface area contributed by atoms with E-state index in [-0.39, 0.29) is 17.6 Å². The van der Waals surface area contributed by atoms with Crippen molar-refractivity contribution in [3.63, 3.8) is 0 Å². The number of amides is 1. The zero-order chi connectivity index (χ0) is 18.4. The Labute approximate surface area is 156 Å². The number of hydrogen-bond donors (Lipinski definition) is 0. The summed E-state index contributed by atoms with van der Waals surface area (Å²) in [7, 11) is 0. The van der Waals surface area contributed by atoms with Crippen molar-refractivity contribution in [2.75, 3.05) is 31.1 Å². The number of halogens is 1. The number of nitrogens with zero attached hydrogens (tertiary/aromatic N) is 3. The Hall–Kier alpha value is -2.89. The highest BCUT2D eigenvalue weighted by atomic mass is 19.1. The Balaban J connectivity index is 1.29. The lowest BCUT2D eigenvalue weighted by atomic mass is 9.99. The Kier molecular flexibility index (Phi) is 3.85. The average molecular weight is 365 g/mol. The predicted octanol–water partition coefficient (Wildman–Crippen LogP) is 3.35. The van der Waals surface area contributed by atoms with Crippen LogP contribution in [0.15, 0.2) is 47.0 Å². The molecule has 1 fully saturated rings. The van der Waals surface area contributed by atoms with Crippen molar-refractivity contribution < 1.29 is 13.7 Å². The lowest BCUT2D eigenvalue weighted by Crippen LogP contribution is -2.50. The zero-order valence-corrected chi connectivity index (χ0v) is 14.9. The summed E-state index contributed by atoms with van der Waals surface area (Å²) in [4.78, 5) is 17.1. The van der Waals surface area contributed by atoms with Crippen molar-refractivity contribution in [3.8, 4) is 0 Å². The monoisotopic (exact) mass is 365 g/mol. The summed E-state index contributed by atoms with van der Waals surface area (Å²) in [5, 5.41) is 4.92. The quantitative estimate of drug-likeness (QED) is 0.699. The van der Waals surface area contributed by atoms with Crippen molar-refractivity contribution in [3.05, 3.63) is 59.4 Å². The molecular formula is C21H20FN3O2. The molecule has 0 spiro atoms. The molecule has 27 heavy (non-hydrogen) atoms. The number of carbonyl (C=O) groups excluding carboxylic acids is 1. The molecule has 3 aromatic rings. The highest BCUT2D eigenvalue weighted by molar-refractivity contribution is 5.89. The van der Waals surface area contributed by atoms with E-state index in [2.05, 4.69) is 22.2 Å². The lowest BCUT2D eigenvalue weighted by molar-refractivity contribution is -0.133. The van der Waals surface area contributed by atoms with Crippen molar-refractivity contribution in [2.24, 2.45) is 0 Å². The third kappa shape index (κ3) is 2.76. The normalized spacial score (nSPS) is 19.5. The van der Waals surface area contributed by atoms with Gasteiger partial charge in [-0.15, -0.1) is 0 Å². The lowest BCUT2D eigenvalue weighted by Gasteiger charge is -2.36. The Morgan fingerprint density at radius 1 is 1.11 bits per heavy atom. The number of benzene rings is 2. The molecule has 0 radical (unpaired) electrons. The van der Waals surface area contributed by atoms with Crippen LogP contribution in [0.2, 0.25) is 0 Å². The van der Waals surface area contributed by atoms with Gasteiger partial charge in [0.1, 0.15) is 5.82 Å². The van der Waals surface area contributed by atoms with Gasteiger partial charge in [-0.25, -0.2) is 4.39 Å². The van der Waals surface area contributed by atoms with Gasteiger partial charge >= 0.3 is 0 Å². The van der Waals surface area contributed by atoms with Gasteiger partial charge in [0.05, 0.1) is 11.3 Å². The summed E-state index contributed by atoms with van der Waals surface area (Å²) in [5.74, 6) is 0.607. The second-order valence-corrected chi connectivity index (χ2v) is 7.25. The van der Waals surface area contributed by atoms with E-state index in [9.17, 15) is 9.18 Å². The van der Waals surface area contributed by atoms with Gasteiger partial charge < -0.3 is 14.3 Å². The highest BCUT2D eigenvalue weighted by Gasteiger charge is 2.33. The molecule has 5 nitrogen and oxygen atoms in total. The summed E-state index contributed by atoms with van der Waals surface area (Å²) >= 11 is 0. The van der Waals surface area contributed by atoms with Gasteiger partial charge in [-0.1, -0.05) is 29.4 Å². The standard InChI is InChI=1S/C21H20FN3O2/c22-15-6-8-18-19(13-15)27-23-20(18)24-9-11-25(12-10-24)21(26)17-7-5-14-3-1-2-4-16(14)17/h1-4,6,8,13,17H,5,7,9-12H2. The number of fused-ring (bicyclic) bond motifs is 2. The number of aryl methyl sites for hydroxylation is 1. The van der Waals surface area contributed by atoms with Gasteiger partial charge in [0.2, 0.25) is 5.91 Å². The summed E-state index contributed by atoms with van der Waals surface area (Å²) < 4.78 is 18.6. The maximum Gasteiger partial charge on any atom is 0.230 e. The molecule has 2 aliphatic rings. The van der Waals surface area contributed by atoms with Crippen LogP contribution in [0.3, 0.4) is 0 Å². The first-order valence-electron chi connectivity index (χ1n) is 9.37. The molecule has 1 aliphatic carbocycles. The van der Waals surface area contributed by atoms with E-state index in [1.165, 1.54) is 23.3 Å². The molecule has 1 saturated heterocycles. The van der Waals surface area contributed by atoms with E-state index in [4.69, 9.17) is 4.52 Å². The van der Waals surface area contributed by atoms with E-state index in [1.54, 1.807) is 6.07 Å². The van der Waals surface area contributed by atoms with E-state index in [0.29, 0.717) is 31.8 Å². The molecule has 1 atom stereocenters. The molecule has 1 amide bonds. The van der Waals surface area contributed by atoms with Gasteiger partial charge in [0.15, 0.2) is 11.4 Å². The van der Waals surface area contributed by atoms with Gasteiger partial charge in [0, 0.05) is 32.2 Å². The molecular weight excluding hydrogens is 345 g/mol. The maximum atomic E-state index is 13.3. The molecule has 0 saturated carbocycles. The zero-order valence-electron chi connectivity index (χ0n) is 14.9. The maximum absolute atomic E-state index is 13.3. The molecule has 138 valence electrons. The van der Waals surface area contributed by atoms with Gasteiger partial charge in [-0.3, -0.25) is 4.79 Å². The first-order valence-corrected chi connectivity index (χ1v) is 9.37. The van der Waals surface area contributed by atoms with Crippen LogP contribution in [0.5, 0.6) is 0 Å². The first-order chi connectivity index (χ1) is 13.2. The van der Waals surface area contributed by atoms with E-state index in [0.717, 1.165) is 24.0 Å². The van der Waals surface area contributed by atoms with Crippen molar-refractivity contribution in [1.29, 1.82) is 0 Å². The molecule has 1 unspecified atom stereocenters. The fourth-order valence-electron chi connectivity index (χ4n) is 4.30. The molecule has 5 rings (SSSR count). The van der Waals surface area contributed by atoms with Crippen LogP contribution in [0.4, 0.5) is 10.2 Å². The fraction of sp³-hybridized carbons (Fsp3) is 0.333. The molecule has 2 heterocycles. The number of piperazine rings is 1. The second-order valence-electron chi connectivity index (χ2n) is 7.25. The van der Waals surface area contributed by atoms with Crippen molar-refractivity contribution >= 4 is 22.7 Å². The van der Waals surface area contributed by atoms with Crippen LogP contribution >= 0.6 is 0 Å². The number of aromatic nitrogens is 1. The highest BCUT2D eigenvalue weighted by Crippen LogP contribution is 2.35. The second kappa shape index (κ2) is 6.37. The van der Waals surface area contributed by atoms with E-state index in [1.807, 2.05) is 17.0 Å². The summed E-state index contributed by atoms with van der Waals surface area (Å²) in [6.07, 6.45) is 1.88. The van der Waals surface area contributed by atoms with Crippen molar-refractivity contribution in [2.45, 2.75) is 18.8 Å². The third-order valence-corrected chi connectivity index (χ3v) is 5.74. The topological polar surface area (TPSA) is 49.6 Å². The Morgan fingerprint density at radius 3 is 2.78 bits per heavy atom. The van der Waals surface area contributed by atoms with Gasteiger partial charge in [-0.05, 0) is 36.1 Å². The molecule has 6 heteroatoms. The summed E-state index contributed by atoms with van der Waals surface area (Å²) in [6, 6.07) is 12.7. The van der Waals surface area contributed by atoms with Crippen LogP contribution in [-0.4, -0.2) is 42.1 Å². The number of anilines is 1. The van der Waals surface area contributed by atoms with E-state index >= 15 is 0 Å². The van der Waals surface area contributed by atoms with Crippen LogP contribution < -0.4 is 4.90 Å². The minimum absolute atomic E-state index is 0.0106. The first kappa shape index (κ1) is 16.3. The molecule has 2 aromatic carbocycles. The van der Waals surface area contributed by atoms with Crippen LogP contribution in [0.1, 0.15) is 23.5 Å². The third-order valence-electron chi connectivity index (χ3n) is 5.74. The number of carbonyl (C=O) groups is 1. The average Bonchev–Trinajstić information content (AvgIpc) is 3.31. The van der Waals surface area contributed by atoms with Crippen molar-refractivity contribution in [1.82, 2.24) is 10.1 Å². The predicted molar refractivity (Wildman–Crippen MR) is 100 cm³/mol. The number of rotatable bonds is 2. The summed E-state index contributed by atoms with van der Waals surface area (Å²) in [5.41, 5.74) is 2.94. The largest absolute Gasteiger partial charge is 0.354 e. The molecule has 0 bridgehead atoms. The Bertz CT molecular complexity index is 1010. The Morgan fingerprint density at radius 2 is 1.93 bits per heavy atom.